The topological polar surface area (TPSA) is 117 Å². The van der Waals surface area contributed by atoms with E-state index in [-0.39, 0.29) is 18.0 Å². The van der Waals surface area contributed by atoms with Crippen LogP contribution in [0.5, 0.6) is 0 Å². The Kier molecular flexibility index (Phi) is 2.49. The molecule has 1 saturated heterocycles. The van der Waals surface area contributed by atoms with Crippen LogP contribution in [-0.2, 0) is 4.79 Å². The Labute approximate surface area is 70.2 Å². The van der Waals surface area contributed by atoms with Crippen molar-refractivity contribution in [1.82, 2.24) is 10.6 Å². The Morgan fingerprint density at radius 2 is 2.33 bits per heavy atom. The predicted molar refractivity (Wildman–Crippen MR) is 44.2 cm³/mol. The number of nitrogens with two attached hydrogens (primary N) is 2. The van der Waals surface area contributed by atoms with E-state index in [1.54, 1.807) is 0 Å². The van der Waals surface area contributed by atoms with E-state index in [0.717, 1.165) is 0 Å². The van der Waals surface area contributed by atoms with Gasteiger partial charge < -0.3 is 22.1 Å². The molecule has 6 heteroatoms. The number of carbonyl (C=O) groups excluding carboxylic acids is 1. The second-order valence-corrected chi connectivity index (χ2v) is 2.80. The number of amides is 1. The van der Waals surface area contributed by atoms with E-state index in [2.05, 4.69) is 10.6 Å². The summed E-state index contributed by atoms with van der Waals surface area (Å²) < 4.78 is 0. The molecule has 12 heavy (non-hydrogen) atoms. The summed E-state index contributed by atoms with van der Waals surface area (Å²) >= 11 is 0. The first kappa shape index (κ1) is 8.79. The van der Waals surface area contributed by atoms with Crippen LogP contribution in [0.1, 0.15) is 12.8 Å². The Hall–Kier alpha value is -1.30. The van der Waals surface area contributed by atoms with Crippen LogP contribution in [0.4, 0.5) is 0 Å². The van der Waals surface area contributed by atoms with Crippen molar-refractivity contribution in [3.8, 4) is 0 Å². The van der Waals surface area contributed by atoms with E-state index >= 15 is 0 Å². The van der Waals surface area contributed by atoms with E-state index < -0.39 is 6.04 Å². The average molecular weight is 171 g/mol. The van der Waals surface area contributed by atoms with Crippen molar-refractivity contribution in [2.24, 2.45) is 11.5 Å². The minimum atomic E-state index is -0.421. The average Bonchev–Trinajstić information content (AvgIpc) is 1.96. The molecule has 1 rings (SSSR count). The molecule has 1 fully saturated rings. The third-order valence-electron chi connectivity index (χ3n) is 1.75. The molecular weight excluding hydrogens is 158 g/mol. The maximum atomic E-state index is 11.0. The summed E-state index contributed by atoms with van der Waals surface area (Å²) in [5.41, 5.74) is 10.5. The molecule has 68 valence electrons. The predicted octanol–water partition coefficient (Wildman–Crippen LogP) is -1.97. The highest BCUT2D eigenvalue weighted by Gasteiger charge is 2.24. The molecule has 0 aliphatic carbocycles. The molecule has 1 aliphatic heterocycles. The van der Waals surface area contributed by atoms with Gasteiger partial charge in [-0.2, -0.15) is 0 Å². The summed E-state index contributed by atoms with van der Waals surface area (Å²) in [4.78, 5) is 11.0. The SMILES string of the molecule is N=C(N)NC1CC[C@H](N)C(=O)N1. The van der Waals surface area contributed by atoms with E-state index in [0.29, 0.717) is 12.8 Å². The van der Waals surface area contributed by atoms with Crippen LogP contribution in [0, 0.1) is 5.41 Å². The van der Waals surface area contributed by atoms with Gasteiger partial charge in [-0.15, -0.1) is 0 Å². The number of nitrogens with one attached hydrogen (secondary N) is 3. The van der Waals surface area contributed by atoms with Gasteiger partial charge in [0.15, 0.2) is 5.96 Å². The molecule has 0 aromatic heterocycles. The molecule has 1 heterocycles. The van der Waals surface area contributed by atoms with Crippen LogP contribution >= 0.6 is 0 Å². The monoisotopic (exact) mass is 171 g/mol. The quantitative estimate of drug-likeness (QED) is 0.232. The molecular formula is C6H13N5O. The second kappa shape index (κ2) is 3.40. The fourth-order valence-electron chi connectivity index (χ4n) is 1.12. The zero-order chi connectivity index (χ0) is 9.14. The molecule has 0 radical (unpaired) electrons. The van der Waals surface area contributed by atoms with Crippen molar-refractivity contribution in [2.45, 2.75) is 25.0 Å². The van der Waals surface area contributed by atoms with Crippen LogP contribution in [0.2, 0.25) is 0 Å². The summed E-state index contributed by atoms with van der Waals surface area (Å²) in [7, 11) is 0. The van der Waals surface area contributed by atoms with Gasteiger partial charge in [0.25, 0.3) is 0 Å². The van der Waals surface area contributed by atoms with Crippen molar-refractivity contribution in [1.29, 1.82) is 5.41 Å². The Morgan fingerprint density at radius 1 is 1.67 bits per heavy atom. The summed E-state index contributed by atoms with van der Waals surface area (Å²) in [5.74, 6) is -0.337. The molecule has 0 saturated carbocycles. The van der Waals surface area contributed by atoms with Gasteiger partial charge in [-0.1, -0.05) is 0 Å². The molecule has 2 atom stereocenters. The molecule has 1 aliphatic rings. The summed E-state index contributed by atoms with van der Waals surface area (Å²) in [6, 6.07) is -0.421. The number of carbonyl (C=O) groups is 1. The largest absolute Gasteiger partial charge is 0.370 e. The molecule has 7 N–H and O–H groups in total. The number of hydrogen-bond acceptors (Lipinski definition) is 3. The zero-order valence-corrected chi connectivity index (χ0v) is 6.63. The van der Waals surface area contributed by atoms with Gasteiger partial charge in [-0.05, 0) is 12.8 Å². The molecule has 0 aromatic rings. The standard InChI is InChI=1S/C6H13N5O/c7-3-1-2-4(10-5(3)12)11-6(8)9/h3-4H,1-2,7H2,(H,10,12)(H4,8,9,11)/t3-,4?/m0/s1. The Bertz CT molecular complexity index is 204. The van der Waals surface area contributed by atoms with Gasteiger partial charge in [0, 0.05) is 0 Å². The van der Waals surface area contributed by atoms with Gasteiger partial charge in [0.05, 0.1) is 6.04 Å². The highest BCUT2D eigenvalue weighted by atomic mass is 16.2. The van der Waals surface area contributed by atoms with E-state index in [1.807, 2.05) is 0 Å². The molecule has 0 spiro atoms. The molecule has 6 nitrogen and oxygen atoms in total. The maximum Gasteiger partial charge on any atom is 0.238 e. The lowest BCUT2D eigenvalue weighted by Crippen LogP contribution is -2.57. The zero-order valence-electron chi connectivity index (χ0n) is 6.63. The van der Waals surface area contributed by atoms with Crippen molar-refractivity contribution in [3.05, 3.63) is 0 Å². The molecule has 1 amide bonds. The number of piperidine rings is 1. The minimum absolute atomic E-state index is 0.143. The first-order chi connectivity index (χ1) is 5.59. The summed E-state index contributed by atoms with van der Waals surface area (Å²) in [6.07, 6.45) is 1.08. The van der Waals surface area contributed by atoms with Crippen LogP contribution in [0.15, 0.2) is 0 Å². The van der Waals surface area contributed by atoms with Crippen molar-refractivity contribution in [3.63, 3.8) is 0 Å². The van der Waals surface area contributed by atoms with Crippen LogP contribution in [0.3, 0.4) is 0 Å². The third kappa shape index (κ3) is 2.09. The minimum Gasteiger partial charge on any atom is -0.370 e. The maximum absolute atomic E-state index is 11.0. The number of hydrogen-bond donors (Lipinski definition) is 5. The van der Waals surface area contributed by atoms with Gasteiger partial charge in [0.2, 0.25) is 5.91 Å². The van der Waals surface area contributed by atoms with Crippen molar-refractivity contribution >= 4 is 11.9 Å². The summed E-state index contributed by atoms with van der Waals surface area (Å²) in [5, 5.41) is 12.1. The Morgan fingerprint density at radius 3 is 2.83 bits per heavy atom. The van der Waals surface area contributed by atoms with Gasteiger partial charge in [-0.3, -0.25) is 10.2 Å². The first-order valence-electron chi connectivity index (χ1n) is 3.76. The van der Waals surface area contributed by atoms with Crippen molar-refractivity contribution in [2.75, 3.05) is 0 Å². The third-order valence-corrected chi connectivity index (χ3v) is 1.75. The fourth-order valence-corrected chi connectivity index (χ4v) is 1.12. The van der Waals surface area contributed by atoms with Crippen molar-refractivity contribution < 1.29 is 4.79 Å². The lowest BCUT2D eigenvalue weighted by Gasteiger charge is -2.27. The lowest BCUT2D eigenvalue weighted by molar-refractivity contribution is -0.124. The smallest absolute Gasteiger partial charge is 0.238 e. The number of rotatable bonds is 1. The number of guanidine groups is 1. The summed E-state index contributed by atoms with van der Waals surface area (Å²) in [6.45, 7) is 0. The van der Waals surface area contributed by atoms with E-state index in [4.69, 9.17) is 16.9 Å². The van der Waals surface area contributed by atoms with Crippen LogP contribution in [0.25, 0.3) is 0 Å². The van der Waals surface area contributed by atoms with Crippen LogP contribution < -0.4 is 22.1 Å². The molecule has 1 unspecified atom stereocenters. The lowest BCUT2D eigenvalue weighted by atomic mass is 10.1. The first-order valence-corrected chi connectivity index (χ1v) is 3.76. The molecule has 0 bridgehead atoms. The molecule has 0 aromatic carbocycles. The van der Waals surface area contributed by atoms with Gasteiger partial charge >= 0.3 is 0 Å². The Balaban J connectivity index is 2.40. The van der Waals surface area contributed by atoms with Gasteiger partial charge in [0.1, 0.15) is 6.17 Å². The van der Waals surface area contributed by atoms with Crippen LogP contribution in [-0.4, -0.2) is 24.1 Å². The highest BCUT2D eigenvalue weighted by Crippen LogP contribution is 2.04. The van der Waals surface area contributed by atoms with E-state index in [9.17, 15) is 4.79 Å². The van der Waals surface area contributed by atoms with E-state index in [1.165, 1.54) is 0 Å². The highest BCUT2D eigenvalue weighted by molar-refractivity contribution is 5.83. The fraction of sp³-hybridized carbons (Fsp3) is 0.667. The van der Waals surface area contributed by atoms with Gasteiger partial charge in [-0.25, -0.2) is 0 Å². The normalized spacial score (nSPS) is 29.2. The second-order valence-electron chi connectivity index (χ2n) is 2.80.